The predicted molar refractivity (Wildman–Crippen MR) is 114 cm³/mol. The van der Waals surface area contributed by atoms with E-state index in [-0.39, 0.29) is 30.5 Å². The highest BCUT2D eigenvalue weighted by molar-refractivity contribution is 14.0. The van der Waals surface area contributed by atoms with Gasteiger partial charge in [-0.15, -0.1) is 24.0 Å². The first-order valence-corrected chi connectivity index (χ1v) is 9.67. The number of benzene rings is 1. The summed E-state index contributed by atoms with van der Waals surface area (Å²) in [5, 5.41) is 3.14. The number of hydrogen-bond donors (Lipinski definition) is 1. The minimum Gasteiger partial charge on any atom is -0.378 e. The van der Waals surface area contributed by atoms with Gasteiger partial charge in [-0.2, -0.15) is 0 Å². The van der Waals surface area contributed by atoms with Crippen LogP contribution < -0.4 is 5.32 Å². The lowest BCUT2D eigenvalue weighted by Gasteiger charge is -2.34. The van der Waals surface area contributed by atoms with Crippen molar-refractivity contribution in [2.75, 3.05) is 26.7 Å². The summed E-state index contributed by atoms with van der Waals surface area (Å²) in [6, 6.07) is 3.50. The molecule has 1 aromatic carbocycles. The number of rotatable bonds is 5. The van der Waals surface area contributed by atoms with Gasteiger partial charge < -0.3 is 15.0 Å². The van der Waals surface area contributed by atoms with Crippen LogP contribution in [0.1, 0.15) is 44.1 Å². The van der Waals surface area contributed by atoms with Gasteiger partial charge in [-0.25, -0.2) is 8.78 Å². The van der Waals surface area contributed by atoms with E-state index in [0.717, 1.165) is 56.5 Å². The molecule has 1 saturated carbocycles. The van der Waals surface area contributed by atoms with Crippen molar-refractivity contribution in [1.82, 2.24) is 10.2 Å². The van der Waals surface area contributed by atoms with Crippen LogP contribution >= 0.6 is 24.0 Å². The van der Waals surface area contributed by atoms with Gasteiger partial charge in [-0.05, 0) is 49.8 Å². The molecule has 3 rings (SSSR count). The summed E-state index contributed by atoms with van der Waals surface area (Å²) in [7, 11) is 1.72. The molecule has 2 aliphatic rings. The van der Waals surface area contributed by atoms with E-state index in [1.165, 1.54) is 31.7 Å². The summed E-state index contributed by atoms with van der Waals surface area (Å²) in [6.45, 7) is 2.84. The van der Waals surface area contributed by atoms with Crippen LogP contribution in [0.4, 0.5) is 8.78 Å². The van der Waals surface area contributed by atoms with Gasteiger partial charge in [0.2, 0.25) is 0 Å². The molecule has 0 spiro atoms. The molecule has 0 radical (unpaired) electrons. The van der Waals surface area contributed by atoms with Crippen LogP contribution in [0.15, 0.2) is 23.2 Å². The van der Waals surface area contributed by atoms with Gasteiger partial charge in [0, 0.05) is 38.9 Å². The molecule has 7 heteroatoms. The van der Waals surface area contributed by atoms with Crippen molar-refractivity contribution in [1.29, 1.82) is 0 Å². The Morgan fingerprint density at radius 1 is 1.19 bits per heavy atom. The van der Waals surface area contributed by atoms with Crippen LogP contribution in [0.25, 0.3) is 0 Å². The van der Waals surface area contributed by atoms with E-state index >= 15 is 0 Å². The standard InChI is InChI=1S/C20H29F2N3O.HI/c1-23-20(24-13-16-12-17(21)6-7-19(16)22)25-10-8-18(9-11-25)26-14-15-4-2-3-5-15;/h6-7,12,15,18H,2-5,8-11,13-14H2,1H3,(H,23,24);1H. The van der Waals surface area contributed by atoms with Gasteiger partial charge in [-0.3, -0.25) is 4.99 Å². The maximum Gasteiger partial charge on any atom is 0.193 e. The molecule has 1 aliphatic carbocycles. The summed E-state index contributed by atoms with van der Waals surface area (Å²) < 4.78 is 33.1. The monoisotopic (exact) mass is 493 g/mol. The highest BCUT2D eigenvalue weighted by Crippen LogP contribution is 2.26. The SMILES string of the molecule is CN=C(NCc1cc(F)ccc1F)N1CCC(OCC2CCCC2)CC1.I. The first-order chi connectivity index (χ1) is 12.7. The molecule has 1 aromatic rings. The molecular weight excluding hydrogens is 463 g/mol. The van der Waals surface area contributed by atoms with Crippen LogP contribution in [-0.4, -0.2) is 43.7 Å². The van der Waals surface area contributed by atoms with E-state index in [9.17, 15) is 8.78 Å². The number of aliphatic imine (C=N–C) groups is 1. The van der Waals surface area contributed by atoms with Crippen molar-refractivity contribution in [2.24, 2.45) is 10.9 Å². The van der Waals surface area contributed by atoms with Crippen molar-refractivity contribution in [3.63, 3.8) is 0 Å². The average Bonchev–Trinajstić information content (AvgIpc) is 3.18. The van der Waals surface area contributed by atoms with Crippen LogP contribution in [0.5, 0.6) is 0 Å². The maximum atomic E-state index is 13.8. The molecule has 2 fully saturated rings. The first kappa shape index (κ1) is 22.3. The van der Waals surface area contributed by atoms with Crippen molar-refractivity contribution in [3.05, 3.63) is 35.4 Å². The summed E-state index contributed by atoms with van der Waals surface area (Å²) in [6.07, 6.45) is 7.59. The number of piperidine rings is 1. The third-order valence-electron chi connectivity index (χ3n) is 5.44. The lowest BCUT2D eigenvalue weighted by atomic mass is 10.1. The van der Waals surface area contributed by atoms with E-state index < -0.39 is 11.6 Å². The lowest BCUT2D eigenvalue weighted by Crippen LogP contribution is -2.47. The molecule has 1 aliphatic heterocycles. The summed E-state index contributed by atoms with van der Waals surface area (Å²) in [4.78, 5) is 6.45. The molecule has 0 unspecified atom stereocenters. The minimum absolute atomic E-state index is 0. The van der Waals surface area contributed by atoms with Crippen LogP contribution in [0.2, 0.25) is 0 Å². The van der Waals surface area contributed by atoms with Crippen molar-refractivity contribution >= 4 is 29.9 Å². The minimum atomic E-state index is -0.432. The number of hydrogen-bond acceptors (Lipinski definition) is 2. The molecule has 0 amide bonds. The molecule has 27 heavy (non-hydrogen) atoms. The van der Waals surface area contributed by atoms with E-state index in [1.54, 1.807) is 7.05 Å². The third-order valence-corrected chi connectivity index (χ3v) is 5.44. The van der Waals surface area contributed by atoms with Gasteiger partial charge in [0.25, 0.3) is 0 Å². The maximum absolute atomic E-state index is 13.8. The highest BCUT2D eigenvalue weighted by atomic mass is 127. The number of nitrogens with zero attached hydrogens (tertiary/aromatic N) is 2. The zero-order valence-corrected chi connectivity index (χ0v) is 18.3. The Labute approximate surface area is 177 Å². The normalized spacial score (nSPS) is 19.2. The first-order valence-electron chi connectivity index (χ1n) is 9.67. The van der Waals surface area contributed by atoms with E-state index in [4.69, 9.17) is 4.74 Å². The summed E-state index contributed by atoms with van der Waals surface area (Å²) >= 11 is 0. The molecular formula is C20H30F2IN3O. The second-order valence-corrected chi connectivity index (χ2v) is 7.31. The molecule has 1 N–H and O–H groups in total. The molecule has 0 aromatic heterocycles. The molecule has 4 nitrogen and oxygen atoms in total. The Morgan fingerprint density at radius 2 is 1.89 bits per heavy atom. The van der Waals surface area contributed by atoms with Crippen LogP contribution in [0.3, 0.4) is 0 Å². The zero-order chi connectivity index (χ0) is 18.4. The topological polar surface area (TPSA) is 36.9 Å². The second-order valence-electron chi connectivity index (χ2n) is 7.31. The van der Waals surface area contributed by atoms with Gasteiger partial charge >= 0.3 is 0 Å². The van der Waals surface area contributed by atoms with Crippen molar-refractivity contribution in [2.45, 2.75) is 51.2 Å². The fourth-order valence-corrected chi connectivity index (χ4v) is 3.87. The van der Waals surface area contributed by atoms with Crippen molar-refractivity contribution in [3.8, 4) is 0 Å². The van der Waals surface area contributed by atoms with Crippen LogP contribution in [-0.2, 0) is 11.3 Å². The Kier molecular flexibility index (Phi) is 9.21. The number of halogens is 3. The van der Waals surface area contributed by atoms with Gasteiger partial charge in [-0.1, -0.05) is 12.8 Å². The van der Waals surface area contributed by atoms with Gasteiger partial charge in [0.15, 0.2) is 5.96 Å². The summed E-state index contributed by atoms with van der Waals surface area (Å²) in [5.41, 5.74) is 0.306. The summed E-state index contributed by atoms with van der Waals surface area (Å²) in [5.74, 6) is 0.637. The molecule has 1 heterocycles. The number of nitrogens with one attached hydrogen (secondary N) is 1. The van der Waals surface area contributed by atoms with Crippen molar-refractivity contribution < 1.29 is 13.5 Å². The smallest absolute Gasteiger partial charge is 0.193 e. The zero-order valence-electron chi connectivity index (χ0n) is 15.9. The third kappa shape index (κ3) is 6.55. The molecule has 1 saturated heterocycles. The fourth-order valence-electron chi connectivity index (χ4n) is 3.87. The number of likely N-dealkylation sites (tertiary alicyclic amines) is 1. The number of guanidine groups is 1. The van der Waals surface area contributed by atoms with E-state index in [2.05, 4.69) is 15.2 Å². The van der Waals surface area contributed by atoms with Crippen LogP contribution in [0, 0.1) is 17.6 Å². The van der Waals surface area contributed by atoms with Gasteiger partial charge in [0.05, 0.1) is 6.10 Å². The Hall–Kier alpha value is -0.960. The Balaban J connectivity index is 0.00000261. The Bertz CT molecular complexity index is 615. The Morgan fingerprint density at radius 3 is 2.56 bits per heavy atom. The number of ether oxygens (including phenoxy) is 1. The fraction of sp³-hybridized carbons (Fsp3) is 0.650. The second kappa shape index (κ2) is 11.1. The van der Waals surface area contributed by atoms with E-state index in [0.29, 0.717) is 11.7 Å². The molecule has 0 bridgehead atoms. The lowest BCUT2D eigenvalue weighted by molar-refractivity contribution is 0.00101. The van der Waals surface area contributed by atoms with E-state index in [1.807, 2.05) is 0 Å². The largest absolute Gasteiger partial charge is 0.378 e. The highest BCUT2D eigenvalue weighted by Gasteiger charge is 2.24. The van der Waals surface area contributed by atoms with Gasteiger partial charge in [0.1, 0.15) is 11.6 Å². The quantitative estimate of drug-likeness (QED) is 0.377. The molecule has 152 valence electrons. The average molecular weight is 493 g/mol. The predicted octanol–water partition coefficient (Wildman–Crippen LogP) is 4.33. The molecule has 0 atom stereocenters.